The van der Waals surface area contributed by atoms with Crippen LogP contribution in [-0.2, 0) is 0 Å². The molecule has 1 amide bonds. The Balaban J connectivity index is 1.86. The van der Waals surface area contributed by atoms with Crippen LogP contribution in [0.5, 0.6) is 5.75 Å². The summed E-state index contributed by atoms with van der Waals surface area (Å²) < 4.78 is 5.22. The maximum atomic E-state index is 12.8. The SMILES string of the molecule is COc1ccc([C@@H]2CCCCN2C(=O)c2ccccc2)cc1. The molecule has 0 spiro atoms. The fraction of sp³-hybridized carbons (Fsp3) is 0.316. The van der Waals surface area contributed by atoms with Gasteiger partial charge in [-0.05, 0) is 49.1 Å². The van der Waals surface area contributed by atoms with E-state index >= 15 is 0 Å². The van der Waals surface area contributed by atoms with Gasteiger partial charge in [0, 0.05) is 12.1 Å². The van der Waals surface area contributed by atoms with E-state index in [2.05, 4.69) is 12.1 Å². The van der Waals surface area contributed by atoms with E-state index in [-0.39, 0.29) is 11.9 Å². The first-order valence-electron chi connectivity index (χ1n) is 7.79. The molecular weight excluding hydrogens is 274 g/mol. The van der Waals surface area contributed by atoms with Gasteiger partial charge in [0.15, 0.2) is 0 Å². The second-order valence-electron chi connectivity index (χ2n) is 5.65. The Morgan fingerprint density at radius 3 is 2.45 bits per heavy atom. The highest BCUT2D eigenvalue weighted by Gasteiger charge is 2.28. The van der Waals surface area contributed by atoms with E-state index in [1.165, 1.54) is 5.56 Å². The summed E-state index contributed by atoms with van der Waals surface area (Å²) in [7, 11) is 1.67. The van der Waals surface area contributed by atoms with Crippen molar-refractivity contribution >= 4 is 5.91 Å². The molecule has 0 radical (unpaired) electrons. The molecule has 1 atom stereocenters. The highest BCUT2D eigenvalue weighted by molar-refractivity contribution is 5.94. The quantitative estimate of drug-likeness (QED) is 0.854. The van der Waals surface area contributed by atoms with Gasteiger partial charge in [0.2, 0.25) is 0 Å². The Labute approximate surface area is 131 Å². The maximum Gasteiger partial charge on any atom is 0.254 e. The number of carbonyl (C=O) groups is 1. The normalized spacial score (nSPS) is 18.0. The molecule has 0 unspecified atom stereocenters. The molecule has 114 valence electrons. The van der Waals surface area contributed by atoms with Crippen molar-refractivity contribution in [3.63, 3.8) is 0 Å². The average Bonchev–Trinajstić information content (AvgIpc) is 2.62. The van der Waals surface area contributed by atoms with Crippen molar-refractivity contribution in [1.29, 1.82) is 0 Å². The Morgan fingerprint density at radius 2 is 1.77 bits per heavy atom. The minimum Gasteiger partial charge on any atom is -0.497 e. The molecule has 0 bridgehead atoms. The van der Waals surface area contributed by atoms with E-state index in [4.69, 9.17) is 4.74 Å². The number of methoxy groups -OCH3 is 1. The predicted octanol–water partition coefficient (Wildman–Crippen LogP) is 4.06. The summed E-state index contributed by atoms with van der Waals surface area (Å²) in [5, 5.41) is 0. The predicted molar refractivity (Wildman–Crippen MR) is 87.1 cm³/mol. The Bertz CT molecular complexity index is 622. The molecular formula is C19H21NO2. The van der Waals surface area contributed by atoms with Crippen molar-refractivity contribution < 1.29 is 9.53 Å². The van der Waals surface area contributed by atoms with Crippen molar-refractivity contribution in [3.8, 4) is 5.75 Å². The number of hydrogen-bond donors (Lipinski definition) is 0. The van der Waals surface area contributed by atoms with Crippen LogP contribution >= 0.6 is 0 Å². The number of piperidine rings is 1. The monoisotopic (exact) mass is 295 g/mol. The Morgan fingerprint density at radius 1 is 1.05 bits per heavy atom. The van der Waals surface area contributed by atoms with Gasteiger partial charge in [-0.25, -0.2) is 0 Å². The van der Waals surface area contributed by atoms with Crippen LogP contribution in [0.3, 0.4) is 0 Å². The number of nitrogens with zero attached hydrogens (tertiary/aromatic N) is 1. The standard InChI is InChI=1S/C19H21NO2/c1-22-17-12-10-15(11-13-17)18-9-5-6-14-20(18)19(21)16-7-3-2-4-8-16/h2-4,7-8,10-13,18H,5-6,9,14H2,1H3/t18-/m0/s1. The number of hydrogen-bond acceptors (Lipinski definition) is 2. The third-order valence-electron chi connectivity index (χ3n) is 4.28. The van der Waals surface area contributed by atoms with Crippen LogP contribution in [0.4, 0.5) is 0 Å². The summed E-state index contributed by atoms with van der Waals surface area (Å²) >= 11 is 0. The zero-order chi connectivity index (χ0) is 15.4. The van der Waals surface area contributed by atoms with Gasteiger partial charge in [0.05, 0.1) is 13.2 Å². The van der Waals surface area contributed by atoms with Gasteiger partial charge < -0.3 is 9.64 Å². The second kappa shape index (κ2) is 6.65. The van der Waals surface area contributed by atoms with E-state index in [0.29, 0.717) is 0 Å². The van der Waals surface area contributed by atoms with Crippen molar-refractivity contribution in [2.24, 2.45) is 0 Å². The van der Waals surface area contributed by atoms with Crippen molar-refractivity contribution in [1.82, 2.24) is 4.90 Å². The van der Waals surface area contributed by atoms with Crippen molar-refractivity contribution in [2.75, 3.05) is 13.7 Å². The van der Waals surface area contributed by atoms with E-state index in [1.54, 1.807) is 7.11 Å². The molecule has 1 aliphatic rings. The zero-order valence-corrected chi connectivity index (χ0v) is 12.9. The van der Waals surface area contributed by atoms with Gasteiger partial charge in [-0.15, -0.1) is 0 Å². The summed E-state index contributed by atoms with van der Waals surface area (Å²) in [5.41, 5.74) is 1.95. The molecule has 3 rings (SSSR count). The summed E-state index contributed by atoms with van der Waals surface area (Å²) in [4.78, 5) is 14.8. The van der Waals surface area contributed by atoms with Gasteiger partial charge in [-0.1, -0.05) is 30.3 Å². The van der Waals surface area contributed by atoms with Gasteiger partial charge in [0.1, 0.15) is 5.75 Å². The van der Waals surface area contributed by atoms with Crippen LogP contribution in [0.1, 0.15) is 41.2 Å². The van der Waals surface area contributed by atoms with Crippen LogP contribution < -0.4 is 4.74 Å². The molecule has 2 aromatic carbocycles. The lowest BCUT2D eigenvalue weighted by atomic mass is 9.94. The molecule has 0 saturated carbocycles. The van der Waals surface area contributed by atoms with Crippen molar-refractivity contribution in [3.05, 3.63) is 65.7 Å². The van der Waals surface area contributed by atoms with E-state index < -0.39 is 0 Å². The molecule has 0 aliphatic carbocycles. The molecule has 1 aliphatic heterocycles. The number of likely N-dealkylation sites (tertiary alicyclic amines) is 1. The second-order valence-corrected chi connectivity index (χ2v) is 5.65. The average molecular weight is 295 g/mol. The Hall–Kier alpha value is -2.29. The summed E-state index contributed by atoms with van der Waals surface area (Å²) in [5.74, 6) is 0.974. The first-order valence-corrected chi connectivity index (χ1v) is 7.79. The van der Waals surface area contributed by atoms with Crippen LogP contribution in [0.2, 0.25) is 0 Å². The van der Waals surface area contributed by atoms with E-state index in [1.807, 2.05) is 47.4 Å². The van der Waals surface area contributed by atoms with Gasteiger partial charge >= 0.3 is 0 Å². The maximum absolute atomic E-state index is 12.8. The van der Waals surface area contributed by atoms with Gasteiger partial charge in [-0.3, -0.25) is 4.79 Å². The topological polar surface area (TPSA) is 29.5 Å². The number of rotatable bonds is 3. The lowest BCUT2D eigenvalue weighted by molar-refractivity contribution is 0.0611. The van der Waals surface area contributed by atoms with Crippen LogP contribution in [0.25, 0.3) is 0 Å². The largest absolute Gasteiger partial charge is 0.497 e. The van der Waals surface area contributed by atoms with Crippen molar-refractivity contribution in [2.45, 2.75) is 25.3 Å². The van der Waals surface area contributed by atoms with Gasteiger partial charge in [-0.2, -0.15) is 0 Å². The van der Waals surface area contributed by atoms with E-state index in [9.17, 15) is 4.79 Å². The lowest BCUT2D eigenvalue weighted by Crippen LogP contribution is -2.38. The number of benzene rings is 2. The minimum atomic E-state index is 0.126. The molecule has 0 aromatic heterocycles. The molecule has 22 heavy (non-hydrogen) atoms. The third-order valence-corrected chi connectivity index (χ3v) is 4.28. The molecule has 2 aromatic rings. The number of ether oxygens (including phenoxy) is 1. The Kier molecular flexibility index (Phi) is 4.42. The van der Waals surface area contributed by atoms with Crippen LogP contribution in [0.15, 0.2) is 54.6 Å². The van der Waals surface area contributed by atoms with E-state index in [0.717, 1.165) is 37.1 Å². The molecule has 1 fully saturated rings. The summed E-state index contributed by atoms with van der Waals surface area (Å²) in [6.07, 6.45) is 3.26. The number of amides is 1. The zero-order valence-electron chi connectivity index (χ0n) is 12.9. The molecule has 0 N–H and O–H groups in total. The first-order chi connectivity index (χ1) is 10.8. The number of carbonyl (C=O) groups excluding carboxylic acids is 1. The summed E-state index contributed by atoms with van der Waals surface area (Å²) in [6, 6.07) is 17.8. The molecule has 3 heteroatoms. The smallest absolute Gasteiger partial charge is 0.254 e. The highest BCUT2D eigenvalue weighted by atomic mass is 16.5. The fourth-order valence-corrected chi connectivity index (χ4v) is 3.09. The van der Waals surface area contributed by atoms with Gasteiger partial charge in [0.25, 0.3) is 5.91 Å². The fourth-order valence-electron chi connectivity index (χ4n) is 3.09. The molecule has 3 nitrogen and oxygen atoms in total. The summed E-state index contributed by atoms with van der Waals surface area (Å²) in [6.45, 7) is 0.824. The minimum absolute atomic E-state index is 0.126. The van der Waals surface area contributed by atoms with Crippen LogP contribution in [0, 0.1) is 0 Å². The van der Waals surface area contributed by atoms with Crippen LogP contribution in [-0.4, -0.2) is 24.5 Å². The first kappa shape index (κ1) is 14.6. The third kappa shape index (κ3) is 2.98. The molecule has 1 saturated heterocycles. The highest BCUT2D eigenvalue weighted by Crippen LogP contribution is 2.32. The molecule has 1 heterocycles. The lowest BCUT2D eigenvalue weighted by Gasteiger charge is -2.36.